The molecule has 0 saturated heterocycles. The highest BCUT2D eigenvalue weighted by Gasteiger charge is 2.37. The molecular formula is C17H15N7O5. The number of amidine groups is 2. The van der Waals surface area contributed by atoms with Gasteiger partial charge >= 0.3 is 5.97 Å². The van der Waals surface area contributed by atoms with Gasteiger partial charge in [0.1, 0.15) is 17.4 Å². The molecule has 148 valence electrons. The molecule has 1 atom stereocenters. The van der Waals surface area contributed by atoms with Crippen LogP contribution in [0.3, 0.4) is 0 Å². The van der Waals surface area contributed by atoms with Gasteiger partial charge in [0.25, 0.3) is 5.56 Å². The molecule has 3 N–H and O–H groups in total. The number of aromatic amines is 2. The number of aromatic nitrogens is 2. The smallest absolute Gasteiger partial charge is 0.362 e. The van der Waals surface area contributed by atoms with Gasteiger partial charge < -0.3 is 14.3 Å². The fourth-order valence-electron chi connectivity index (χ4n) is 2.96. The molecule has 12 heteroatoms. The SMILES string of the molecule is CCOC(=O)/C(N=NC1=NN=C2N=c3[nH][nH]c(=O)c3=C(c3ccco3)C12)=C(\C)O. The maximum Gasteiger partial charge on any atom is 0.362 e. The van der Waals surface area contributed by atoms with Gasteiger partial charge in [-0.05, 0) is 26.0 Å². The molecule has 0 aromatic carbocycles. The zero-order chi connectivity index (χ0) is 20.5. The second-order valence-electron chi connectivity index (χ2n) is 6.01. The molecule has 4 heterocycles. The highest BCUT2D eigenvalue weighted by molar-refractivity contribution is 6.17. The molecule has 0 aliphatic carbocycles. The van der Waals surface area contributed by atoms with Gasteiger partial charge in [-0.3, -0.25) is 15.0 Å². The fraction of sp³-hybridized carbons (Fsp3) is 0.235. The Bertz CT molecular complexity index is 1270. The average Bonchev–Trinajstić information content (AvgIpc) is 3.42. The number of esters is 1. The number of carbonyl (C=O) groups excluding carboxylic acids is 1. The minimum atomic E-state index is -0.830. The van der Waals surface area contributed by atoms with Crippen LogP contribution in [0, 0.1) is 5.92 Å². The largest absolute Gasteiger partial charge is 0.510 e. The van der Waals surface area contributed by atoms with Gasteiger partial charge in [0, 0.05) is 5.57 Å². The monoisotopic (exact) mass is 397 g/mol. The summed E-state index contributed by atoms with van der Waals surface area (Å²) >= 11 is 0. The highest BCUT2D eigenvalue weighted by Crippen LogP contribution is 2.29. The standard InChI is InChI=1S/C17H15N7O5/c1-3-28-17(27)12(7(2)25)19-22-15-10-9(8-5-4-6-29-8)11-14(21-24-16(11)26)18-13(10)20-23-15/h4-6,10,25H,3H2,1-2H3,(H,24,26)(H,18,20,21)/b12-7-,22-19?. The van der Waals surface area contributed by atoms with Crippen molar-refractivity contribution in [3.8, 4) is 0 Å². The van der Waals surface area contributed by atoms with Crippen LogP contribution in [0.2, 0.25) is 0 Å². The molecule has 2 aliphatic rings. The Morgan fingerprint density at radius 1 is 1.38 bits per heavy atom. The fourth-order valence-corrected chi connectivity index (χ4v) is 2.96. The van der Waals surface area contributed by atoms with Crippen molar-refractivity contribution in [1.29, 1.82) is 0 Å². The van der Waals surface area contributed by atoms with Crippen LogP contribution in [0.1, 0.15) is 19.6 Å². The molecule has 12 nitrogen and oxygen atoms in total. The molecule has 2 aromatic rings. The topological polar surface area (TPSA) is 170 Å². The number of hydrogen-bond acceptors (Lipinski definition) is 10. The van der Waals surface area contributed by atoms with E-state index < -0.39 is 17.4 Å². The lowest BCUT2D eigenvalue weighted by Crippen LogP contribution is -2.44. The van der Waals surface area contributed by atoms with Crippen molar-refractivity contribution >= 4 is 23.2 Å². The van der Waals surface area contributed by atoms with Gasteiger partial charge in [0.05, 0.1) is 18.1 Å². The molecule has 0 bridgehead atoms. The minimum Gasteiger partial charge on any atom is -0.510 e. The Balaban J connectivity index is 1.80. The number of azo groups is 1. The van der Waals surface area contributed by atoms with E-state index in [0.29, 0.717) is 16.8 Å². The molecule has 2 aliphatic heterocycles. The van der Waals surface area contributed by atoms with Gasteiger partial charge in [0.2, 0.25) is 5.70 Å². The Hall–Kier alpha value is -4.09. The third-order valence-electron chi connectivity index (χ3n) is 4.16. The van der Waals surface area contributed by atoms with Crippen LogP contribution in [0.15, 0.2) is 64.5 Å². The van der Waals surface area contributed by atoms with Gasteiger partial charge in [-0.15, -0.1) is 20.4 Å². The summed E-state index contributed by atoms with van der Waals surface area (Å²) < 4.78 is 10.3. The first-order chi connectivity index (χ1) is 14.0. The van der Waals surface area contributed by atoms with E-state index in [-0.39, 0.29) is 35.0 Å². The van der Waals surface area contributed by atoms with Crippen molar-refractivity contribution in [2.24, 2.45) is 31.3 Å². The van der Waals surface area contributed by atoms with E-state index in [4.69, 9.17) is 9.15 Å². The molecule has 0 saturated carbocycles. The van der Waals surface area contributed by atoms with Crippen LogP contribution in [-0.2, 0) is 9.53 Å². The molecule has 1 unspecified atom stereocenters. The van der Waals surface area contributed by atoms with Crippen LogP contribution in [0.4, 0.5) is 0 Å². The molecule has 2 aromatic heterocycles. The maximum atomic E-state index is 12.3. The van der Waals surface area contributed by atoms with Crippen molar-refractivity contribution in [3.05, 3.63) is 56.7 Å². The second kappa shape index (κ2) is 7.14. The van der Waals surface area contributed by atoms with Gasteiger partial charge in [-0.2, -0.15) is 0 Å². The van der Waals surface area contributed by atoms with E-state index in [9.17, 15) is 14.7 Å². The summed E-state index contributed by atoms with van der Waals surface area (Å²) in [7, 11) is 0. The Labute approximate surface area is 161 Å². The van der Waals surface area contributed by atoms with Crippen LogP contribution >= 0.6 is 0 Å². The lowest BCUT2D eigenvalue weighted by atomic mass is 9.92. The number of rotatable bonds is 4. The summed E-state index contributed by atoms with van der Waals surface area (Å²) in [5.74, 6) is -1.17. The number of furan rings is 1. The molecule has 0 amide bonds. The molecule has 0 spiro atoms. The number of nitrogens with one attached hydrogen (secondary N) is 2. The van der Waals surface area contributed by atoms with Crippen molar-refractivity contribution in [2.45, 2.75) is 13.8 Å². The predicted octanol–water partition coefficient (Wildman–Crippen LogP) is 0.275. The first-order valence-corrected chi connectivity index (χ1v) is 8.58. The predicted molar refractivity (Wildman–Crippen MR) is 98.6 cm³/mol. The first kappa shape index (κ1) is 18.3. The molecule has 0 fully saturated rings. The summed E-state index contributed by atoms with van der Waals surface area (Å²) in [6, 6.07) is 3.36. The number of H-pyrrole nitrogens is 2. The minimum absolute atomic E-state index is 0.0736. The summed E-state index contributed by atoms with van der Waals surface area (Å²) in [6.45, 7) is 3.02. The summed E-state index contributed by atoms with van der Waals surface area (Å²) in [6.07, 6.45) is 1.47. The average molecular weight is 397 g/mol. The maximum absolute atomic E-state index is 12.3. The van der Waals surface area contributed by atoms with Crippen molar-refractivity contribution in [2.75, 3.05) is 6.61 Å². The van der Waals surface area contributed by atoms with Gasteiger partial charge in [0.15, 0.2) is 17.2 Å². The Kier molecular flexibility index (Phi) is 4.50. The molecule has 0 radical (unpaired) electrons. The highest BCUT2D eigenvalue weighted by atomic mass is 16.5. The first-order valence-electron chi connectivity index (χ1n) is 8.58. The number of ether oxygens (including phenoxy) is 1. The zero-order valence-corrected chi connectivity index (χ0v) is 15.3. The number of nitrogens with zero attached hydrogens (tertiary/aromatic N) is 5. The Morgan fingerprint density at radius 3 is 2.90 bits per heavy atom. The third-order valence-corrected chi connectivity index (χ3v) is 4.16. The van der Waals surface area contributed by atoms with E-state index in [0.717, 1.165) is 0 Å². The van der Waals surface area contributed by atoms with E-state index in [1.54, 1.807) is 19.1 Å². The lowest BCUT2D eigenvalue weighted by molar-refractivity contribution is -0.138. The van der Waals surface area contributed by atoms with Crippen LogP contribution < -0.4 is 16.3 Å². The quantitative estimate of drug-likeness (QED) is 0.291. The number of fused-ring (bicyclic) bond motifs is 2. The van der Waals surface area contributed by atoms with Gasteiger partial charge in [-0.25, -0.2) is 9.79 Å². The van der Waals surface area contributed by atoms with Crippen LogP contribution in [0.25, 0.3) is 5.57 Å². The lowest BCUT2D eigenvalue weighted by Gasteiger charge is -2.14. The molecular weight excluding hydrogens is 382 g/mol. The molecule has 4 rings (SSSR count). The number of aliphatic hydroxyl groups is 1. The van der Waals surface area contributed by atoms with Crippen molar-refractivity contribution in [1.82, 2.24) is 10.2 Å². The Morgan fingerprint density at radius 2 is 2.21 bits per heavy atom. The normalized spacial score (nSPS) is 18.6. The number of allylic oxidation sites excluding steroid dienone is 1. The number of hydrogen-bond donors (Lipinski definition) is 3. The summed E-state index contributed by atoms with van der Waals surface area (Å²) in [5, 5.41) is 30.9. The number of aliphatic hydroxyl groups excluding tert-OH is 1. The van der Waals surface area contributed by atoms with E-state index >= 15 is 0 Å². The van der Waals surface area contributed by atoms with Crippen molar-refractivity contribution < 1.29 is 19.1 Å². The zero-order valence-electron chi connectivity index (χ0n) is 15.3. The molecule has 29 heavy (non-hydrogen) atoms. The van der Waals surface area contributed by atoms with E-state index in [1.807, 2.05) is 0 Å². The van der Waals surface area contributed by atoms with Gasteiger partial charge in [-0.1, -0.05) is 0 Å². The van der Waals surface area contributed by atoms with Crippen LogP contribution in [0.5, 0.6) is 0 Å². The van der Waals surface area contributed by atoms with E-state index in [2.05, 4.69) is 35.6 Å². The van der Waals surface area contributed by atoms with Crippen LogP contribution in [-0.4, -0.2) is 39.6 Å². The third kappa shape index (κ3) is 3.09. The number of carbonyl (C=O) groups is 1. The summed E-state index contributed by atoms with van der Waals surface area (Å²) in [4.78, 5) is 28.6. The summed E-state index contributed by atoms with van der Waals surface area (Å²) in [5.41, 5.74) is -0.00638. The van der Waals surface area contributed by atoms with E-state index in [1.165, 1.54) is 13.2 Å². The second-order valence-corrected chi connectivity index (χ2v) is 6.01. The van der Waals surface area contributed by atoms with Crippen molar-refractivity contribution in [3.63, 3.8) is 0 Å².